The third-order valence-corrected chi connectivity index (χ3v) is 4.76. The Labute approximate surface area is 121 Å². The van der Waals surface area contributed by atoms with Crippen LogP contribution in [0.5, 0.6) is 0 Å². The molecule has 0 aromatic carbocycles. The molecule has 5 nitrogen and oxygen atoms in total. The van der Waals surface area contributed by atoms with Crippen LogP contribution in [0, 0.1) is 5.92 Å². The molecule has 2 aliphatic heterocycles. The van der Waals surface area contributed by atoms with E-state index in [-0.39, 0.29) is 6.10 Å². The molecule has 1 N–H and O–H groups in total. The number of nitrogens with zero attached hydrogens (tertiary/aromatic N) is 4. The Bertz CT molecular complexity index is 457. The van der Waals surface area contributed by atoms with Gasteiger partial charge >= 0.3 is 0 Å². The van der Waals surface area contributed by atoms with Gasteiger partial charge in [0.05, 0.1) is 6.10 Å². The Morgan fingerprint density at radius 3 is 2.90 bits per heavy atom. The van der Waals surface area contributed by atoms with Crippen molar-refractivity contribution in [2.75, 3.05) is 13.1 Å². The number of fused-ring (bicyclic) bond motifs is 1. The van der Waals surface area contributed by atoms with Crippen molar-refractivity contribution in [3.8, 4) is 0 Å². The summed E-state index contributed by atoms with van der Waals surface area (Å²) in [6.07, 6.45) is 4.89. The topological polar surface area (TPSA) is 54.2 Å². The minimum absolute atomic E-state index is 0.231. The summed E-state index contributed by atoms with van der Waals surface area (Å²) in [5.41, 5.74) is 0. The van der Waals surface area contributed by atoms with Crippen LogP contribution in [-0.2, 0) is 19.4 Å². The Morgan fingerprint density at radius 2 is 2.10 bits per heavy atom. The molecular formula is C15H26N4O. The van der Waals surface area contributed by atoms with Crippen LogP contribution in [0.2, 0.25) is 0 Å². The van der Waals surface area contributed by atoms with E-state index in [1.165, 1.54) is 25.9 Å². The summed E-state index contributed by atoms with van der Waals surface area (Å²) in [4.78, 5) is 2.57. The van der Waals surface area contributed by atoms with E-state index in [1.54, 1.807) is 0 Å². The van der Waals surface area contributed by atoms with Gasteiger partial charge in [0.15, 0.2) is 0 Å². The minimum Gasteiger partial charge on any atom is -0.393 e. The SMILES string of the molecule is CC(C)N1CCCC(Cc2nnc3n2CCC(O)C3)C1. The molecule has 20 heavy (non-hydrogen) atoms. The highest BCUT2D eigenvalue weighted by molar-refractivity contribution is 5.02. The average Bonchev–Trinajstić information content (AvgIpc) is 2.81. The Hall–Kier alpha value is -0.940. The summed E-state index contributed by atoms with van der Waals surface area (Å²) in [6.45, 7) is 7.85. The molecule has 0 spiro atoms. The molecule has 2 unspecified atom stereocenters. The summed E-state index contributed by atoms with van der Waals surface area (Å²) >= 11 is 0. The van der Waals surface area contributed by atoms with Crippen LogP contribution in [0.3, 0.4) is 0 Å². The van der Waals surface area contributed by atoms with Crippen molar-refractivity contribution in [2.24, 2.45) is 5.92 Å². The van der Waals surface area contributed by atoms with E-state index < -0.39 is 0 Å². The molecule has 0 amide bonds. The molecular weight excluding hydrogens is 252 g/mol. The highest BCUT2D eigenvalue weighted by Crippen LogP contribution is 2.23. The van der Waals surface area contributed by atoms with Gasteiger partial charge in [0.25, 0.3) is 0 Å². The van der Waals surface area contributed by atoms with Gasteiger partial charge in [0.1, 0.15) is 11.6 Å². The molecule has 0 saturated carbocycles. The summed E-state index contributed by atoms with van der Waals surface area (Å²) in [7, 11) is 0. The van der Waals surface area contributed by atoms with Gasteiger partial charge in [-0.3, -0.25) is 0 Å². The van der Waals surface area contributed by atoms with E-state index in [4.69, 9.17) is 0 Å². The second-order valence-corrected chi connectivity index (χ2v) is 6.63. The van der Waals surface area contributed by atoms with Crippen LogP contribution < -0.4 is 0 Å². The lowest BCUT2D eigenvalue weighted by Crippen LogP contribution is -2.40. The molecule has 1 aromatic rings. The van der Waals surface area contributed by atoms with Crippen molar-refractivity contribution in [1.29, 1.82) is 0 Å². The molecule has 0 radical (unpaired) electrons. The molecule has 3 heterocycles. The Morgan fingerprint density at radius 1 is 1.25 bits per heavy atom. The van der Waals surface area contributed by atoms with E-state index in [1.807, 2.05) is 0 Å². The highest BCUT2D eigenvalue weighted by atomic mass is 16.3. The zero-order valence-electron chi connectivity index (χ0n) is 12.6. The largest absolute Gasteiger partial charge is 0.393 e. The lowest BCUT2D eigenvalue weighted by molar-refractivity contribution is 0.133. The van der Waals surface area contributed by atoms with Gasteiger partial charge in [0, 0.05) is 32.0 Å². The number of aromatic nitrogens is 3. The number of rotatable bonds is 3. The van der Waals surface area contributed by atoms with Crippen LogP contribution in [0.1, 0.15) is 44.8 Å². The Balaban J connectivity index is 1.66. The normalized spacial score (nSPS) is 27.8. The van der Waals surface area contributed by atoms with Crippen molar-refractivity contribution < 1.29 is 5.11 Å². The van der Waals surface area contributed by atoms with Crippen LogP contribution in [-0.4, -0.2) is 50.0 Å². The predicted octanol–water partition coefficient (Wildman–Crippen LogP) is 1.25. The van der Waals surface area contributed by atoms with Gasteiger partial charge in [-0.05, 0) is 45.6 Å². The molecule has 1 saturated heterocycles. The second kappa shape index (κ2) is 5.82. The van der Waals surface area contributed by atoms with Crippen LogP contribution in [0.4, 0.5) is 0 Å². The van der Waals surface area contributed by atoms with Crippen molar-refractivity contribution in [2.45, 2.75) is 64.6 Å². The van der Waals surface area contributed by atoms with E-state index in [0.717, 1.165) is 31.0 Å². The fraction of sp³-hybridized carbons (Fsp3) is 0.867. The van der Waals surface area contributed by atoms with Gasteiger partial charge < -0.3 is 14.6 Å². The molecule has 2 aliphatic rings. The fourth-order valence-electron chi connectivity index (χ4n) is 3.51. The van der Waals surface area contributed by atoms with Crippen molar-refractivity contribution in [1.82, 2.24) is 19.7 Å². The zero-order valence-corrected chi connectivity index (χ0v) is 12.6. The first-order valence-corrected chi connectivity index (χ1v) is 7.96. The maximum absolute atomic E-state index is 9.69. The third-order valence-electron chi connectivity index (χ3n) is 4.76. The smallest absolute Gasteiger partial charge is 0.135 e. The quantitative estimate of drug-likeness (QED) is 0.904. The molecule has 3 rings (SSSR count). The average molecular weight is 278 g/mol. The number of aliphatic hydroxyl groups excluding tert-OH is 1. The van der Waals surface area contributed by atoms with E-state index >= 15 is 0 Å². The summed E-state index contributed by atoms with van der Waals surface area (Å²) in [5.74, 6) is 2.80. The first kappa shape index (κ1) is 14.0. The predicted molar refractivity (Wildman–Crippen MR) is 77.5 cm³/mol. The number of piperidine rings is 1. The standard InChI is InChI=1S/C15H26N4O/c1-11(2)18-6-3-4-12(10-18)8-14-16-17-15-9-13(20)5-7-19(14)15/h11-13,20H,3-10H2,1-2H3. The van der Waals surface area contributed by atoms with E-state index in [0.29, 0.717) is 18.4 Å². The van der Waals surface area contributed by atoms with E-state index in [9.17, 15) is 5.11 Å². The number of hydrogen-bond donors (Lipinski definition) is 1. The van der Waals surface area contributed by atoms with Crippen molar-refractivity contribution in [3.05, 3.63) is 11.6 Å². The summed E-state index contributed by atoms with van der Waals surface area (Å²) in [5, 5.41) is 18.3. The molecule has 5 heteroatoms. The van der Waals surface area contributed by atoms with Crippen molar-refractivity contribution >= 4 is 0 Å². The highest BCUT2D eigenvalue weighted by Gasteiger charge is 2.26. The summed E-state index contributed by atoms with van der Waals surface area (Å²) < 4.78 is 2.24. The lowest BCUT2D eigenvalue weighted by Gasteiger charge is -2.35. The second-order valence-electron chi connectivity index (χ2n) is 6.63. The van der Waals surface area contributed by atoms with Crippen LogP contribution >= 0.6 is 0 Å². The van der Waals surface area contributed by atoms with Crippen LogP contribution in [0.15, 0.2) is 0 Å². The molecule has 0 aliphatic carbocycles. The number of aliphatic hydroxyl groups is 1. The number of likely N-dealkylation sites (tertiary alicyclic amines) is 1. The van der Waals surface area contributed by atoms with Gasteiger partial charge in [0.2, 0.25) is 0 Å². The third kappa shape index (κ3) is 2.88. The first-order valence-electron chi connectivity index (χ1n) is 7.96. The Kier molecular flexibility index (Phi) is 4.08. The molecule has 1 fully saturated rings. The van der Waals surface area contributed by atoms with Gasteiger partial charge in [-0.2, -0.15) is 0 Å². The maximum Gasteiger partial charge on any atom is 0.135 e. The van der Waals surface area contributed by atoms with Gasteiger partial charge in [-0.15, -0.1) is 10.2 Å². The number of hydrogen-bond acceptors (Lipinski definition) is 4. The monoisotopic (exact) mass is 278 g/mol. The molecule has 1 aromatic heterocycles. The van der Waals surface area contributed by atoms with Gasteiger partial charge in [-0.25, -0.2) is 0 Å². The minimum atomic E-state index is -0.231. The summed E-state index contributed by atoms with van der Waals surface area (Å²) in [6, 6.07) is 0.639. The van der Waals surface area contributed by atoms with E-state index in [2.05, 4.69) is 33.5 Å². The maximum atomic E-state index is 9.69. The molecule has 112 valence electrons. The van der Waals surface area contributed by atoms with Crippen molar-refractivity contribution in [3.63, 3.8) is 0 Å². The molecule has 2 atom stereocenters. The van der Waals surface area contributed by atoms with Crippen LogP contribution in [0.25, 0.3) is 0 Å². The van der Waals surface area contributed by atoms with Gasteiger partial charge in [-0.1, -0.05) is 0 Å². The fourth-order valence-corrected chi connectivity index (χ4v) is 3.51. The molecule has 0 bridgehead atoms. The first-order chi connectivity index (χ1) is 9.63. The lowest BCUT2D eigenvalue weighted by atomic mass is 9.93. The zero-order chi connectivity index (χ0) is 14.1.